The van der Waals surface area contributed by atoms with Gasteiger partial charge in [0.15, 0.2) is 17.0 Å². The lowest BCUT2D eigenvalue weighted by Gasteiger charge is -2.08. The van der Waals surface area contributed by atoms with Gasteiger partial charge in [0, 0.05) is 31.1 Å². The number of nitrogens with zero attached hydrogens (tertiary/aromatic N) is 10. The van der Waals surface area contributed by atoms with Crippen LogP contribution in [0.1, 0.15) is 30.9 Å². The molecule has 0 spiro atoms. The van der Waals surface area contributed by atoms with E-state index in [0.717, 1.165) is 48.3 Å². The Bertz CT molecular complexity index is 1390. The smallest absolute Gasteiger partial charge is 0.187 e. The van der Waals surface area contributed by atoms with Crippen molar-refractivity contribution in [3.8, 4) is 16.8 Å². The maximum absolute atomic E-state index is 9.80. The first kappa shape index (κ1) is 20.5. The summed E-state index contributed by atoms with van der Waals surface area (Å²) >= 11 is 0. The van der Waals surface area contributed by atoms with E-state index >= 15 is 0 Å². The van der Waals surface area contributed by atoms with Crippen LogP contribution in [-0.2, 0) is 19.4 Å². The molecule has 0 aliphatic heterocycles. The van der Waals surface area contributed by atoms with E-state index in [9.17, 15) is 5.11 Å². The molecule has 2 atom stereocenters. The minimum Gasteiger partial charge on any atom is -0.393 e. The van der Waals surface area contributed by atoms with Crippen LogP contribution in [0.4, 0.5) is 0 Å². The van der Waals surface area contributed by atoms with Gasteiger partial charge in [0.05, 0.1) is 24.2 Å². The molecule has 172 valence electrons. The highest BCUT2D eigenvalue weighted by molar-refractivity contribution is 5.71. The van der Waals surface area contributed by atoms with Gasteiger partial charge in [-0.05, 0) is 42.9 Å². The first-order chi connectivity index (χ1) is 16.7. The van der Waals surface area contributed by atoms with Gasteiger partial charge in [-0.25, -0.2) is 9.97 Å². The van der Waals surface area contributed by atoms with Crippen LogP contribution in [0.2, 0.25) is 0 Å². The quantitative estimate of drug-likeness (QED) is 0.371. The normalized spacial score (nSPS) is 18.1. The Morgan fingerprint density at radius 3 is 2.74 bits per heavy atom. The molecule has 0 radical (unpaired) electrons. The fourth-order valence-electron chi connectivity index (χ4n) is 4.46. The zero-order valence-corrected chi connectivity index (χ0v) is 18.4. The summed E-state index contributed by atoms with van der Waals surface area (Å²) in [7, 11) is 0. The van der Waals surface area contributed by atoms with Crippen molar-refractivity contribution in [3.63, 3.8) is 0 Å². The second-order valence-corrected chi connectivity index (χ2v) is 8.65. The second-order valence-electron chi connectivity index (χ2n) is 8.65. The fourth-order valence-corrected chi connectivity index (χ4v) is 4.46. The Morgan fingerprint density at radius 2 is 1.94 bits per heavy atom. The number of benzene rings is 1. The Kier molecular flexibility index (Phi) is 5.26. The van der Waals surface area contributed by atoms with E-state index in [1.54, 1.807) is 10.9 Å². The Hall–Kier alpha value is -4.06. The van der Waals surface area contributed by atoms with Gasteiger partial charge in [0.25, 0.3) is 0 Å². The molecule has 12 heteroatoms. The number of aliphatic hydroxyl groups excluding tert-OH is 1. The average molecular weight is 458 g/mol. The summed E-state index contributed by atoms with van der Waals surface area (Å²) < 4.78 is 3.61. The van der Waals surface area contributed by atoms with E-state index < -0.39 is 0 Å². The predicted molar refractivity (Wildman–Crippen MR) is 121 cm³/mol. The molecule has 0 saturated heterocycles. The van der Waals surface area contributed by atoms with Crippen LogP contribution in [0.5, 0.6) is 0 Å². The van der Waals surface area contributed by atoms with E-state index in [1.165, 1.54) is 0 Å². The van der Waals surface area contributed by atoms with Crippen molar-refractivity contribution in [2.75, 3.05) is 0 Å². The van der Waals surface area contributed by atoms with E-state index in [1.807, 2.05) is 41.3 Å². The number of hydrogen-bond donors (Lipinski definition) is 2. The number of hydrogen-bond acceptors (Lipinski definition) is 9. The van der Waals surface area contributed by atoms with Gasteiger partial charge in [-0.1, -0.05) is 22.6 Å². The van der Waals surface area contributed by atoms with E-state index in [4.69, 9.17) is 4.98 Å². The van der Waals surface area contributed by atoms with Crippen LogP contribution in [0, 0.1) is 5.92 Å². The molecule has 0 bridgehead atoms. The second kappa shape index (κ2) is 8.71. The largest absolute Gasteiger partial charge is 0.393 e. The highest BCUT2D eigenvalue weighted by Gasteiger charge is 2.24. The third kappa shape index (κ3) is 4.15. The molecule has 4 aromatic heterocycles. The van der Waals surface area contributed by atoms with Gasteiger partial charge in [0.1, 0.15) is 5.82 Å². The molecule has 1 saturated carbocycles. The van der Waals surface area contributed by atoms with Crippen LogP contribution in [0.3, 0.4) is 0 Å². The van der Waals surface area contributed by atoms with Crippen molar-refractivity contribution in [1.29, 1.82) is 0 Å². The summed E-state index contributed by atoms with van der Waals surface area (Å²) in [6.45, 7) is 0.671. The average Bonchev–Trinajstić information content (AvgIpc) is 3.65. The standard InChI is InChI=1S/C22H23N11O/c34-18-6-1-14(9-18)10-21-23-12-19-22(25-21)33(31-26-19)17-4-2-15(3-5-17)16-11-24-32(13-16)8-7-20-27-29-30-28-20/h2-5,11-14,18,34H,1,6-10H2,(H,27,28,29,30)/t14-,18-/m1/s1. The summed E-state index contributed by atoms with van der Waals surface area (Å²) in [5.74, 6) is 1.85. The number of aryl methyl sites for hydroxylation is 2. The molecule has 1 aliphatic rings. The summed E-state index contributed by atoms with van der Waals surface area (Å²) in [5, 5.41) is 36.7. The summed E-state index contributed by atoms with van der Waals surface area (Å²) in [4.78, 5) is 9.20. The van der Waals surface area contributed by atoms with Crippen molar-refractivity contribution >= 4 is 11.2 Å². The molecular formula is C22H23N11O. The van der Waals surface area contributed by atoms with Crippen molar-refractivity contribution in [1.82, 2.24) is 55.4 Å². The number of aliphatic hydroxyl groups is 1. The Balaban J connectivity index is 1.19. The Morgan fingerprint density at radius 1 is 1.03 bits per heavy atom. The van der Waals surface area contributed by atoms with Crippen LogP contribution < -0.4 is 0 Å². The topological polar surface area (TPSA) is 149 Å². The fraction of sp³-hybridized carbons (Fsp3) is 0.364. The highest BCUT2D eigenvalue weighted by atomic mass is 16.3. The van der Waals surface area contributed by atoms with Gasteiger partial charge >= 0.3 is 0 Å². The molecule has 0 amide bonds. The zero-order valence-electron chi connectivity index (χ0n) is 18.4. The lowest BCUT2D eigenvalue weighted by Crippen LogP contribution is -2.07. The zero-order chi connectivity index (χ0) is 22.9. The molecule has 1 aromatic carbocycles. The van der Waals surface area contributed by atoms with Crippen LogP contribution in [0.25, 0.3) is 28.0 Å². The van der Waals surface area contributed by atoms with Crippen molar-refractivity contribution in [3.05, 3.63) is 54.5 Å². The van der Waals surface area contributed by atoms with Crippen LogP contribution in [-0.4, -0.2) is 66.6 Å². The first-order valence-electron chi connectivity index (χ1n) is 11.3. The molecule has 1 aliphatic carbocycles. The number of rotatable bonds is 7. The third-order valence-electron chi connectivity index (χ3n) is 6.26. The summed E-state index contributed by atoms with van der Waals surface area (Å²) in [6.07, 6.45) is 9.46. The third-order valence-corrected chi connectivity index (χ3v) is 6.26. The minimum absolute atomic E-state index is 0.197. The minimum atomic E-state index is -0.197. The molecule has 5 aromatic rings. The number of H-pyrrole nitrogens is 1. The maximum Gasteiger partial charge on any atom is 0.187 e. The predicted octanol–water partition coefficient (Wildman–Crippen LogP) is 1.53. The number of nitrogens with one attached hydrogen (secondary N) is 1. The monoisotopic (exact) mass is 457 g/mol. The lowest BCUT2D eigenvalue weighted by atomic mass is 10.0. The number of aromatic amines is 1. The molecule has 34 heavy (non-hydrogen) atoms. The van der Waals surface area contributed by atoms with Gasteiger partial charge in [-0.15, -0.1) is 15.3 Å². The molecule has 1 fully saturated rings. The van der Waals surface area contributed by atoms with E-state index in [-0.39, 0.29) is 6.10 Å². The number of fused-ring (bicyclic) bond motifs is 1. The van der Waals surface area contributed by atoms with Gasteiger partial charge in [-0.3, -0.25) is 4.68 Å². The molecular weight excluding hydrogens is 434 g/mol. The number of tetrazole rings is 1. The SMILES string of the molecule is O[C@@H]1CC[C@@H](Cc2ncc3nnn(-c4ccc(-c5cnn(CCc6nn[nH]n6)c5)cc4)c3n2)C1. The van der Waals surface area contributed by atoms with E-state index in [2.05, 4.69) is 41.0 Å². The van der Waals surface area contributed by atoms with Gasteiger partial charge < -0.3 is 5.11 Å². The van der Waals surface area contributed by atoms with E-state index in [0.29, 0.717) is 35.9 Å². The maximum atomic E-state index is 9.80. The van der Waals surface area contributed by atoms with Crippen LogP contribution >= 0.6 is 0 Å². The first-order valence-corrected chi connectivity index (χ1v) is 11.3. The van der Waals surface area contributed by atoms with Crippen molar-refractivity contribution < 1.29 is 5.11 Å². The van der Waals surface area contributed by atoms with Gasteiger partial charge in [0.2, 0.25) is 0 Å². The van der Waals surface area contributed by atoms with Crippen LogP contribution in [0.15, 0.2) is 42.9 Å². The summed E-state index contributed by atoms with van der Waals surface area (Å²) in [5.41, 5.74) is 4.28. The van der Waals surface area contributed by atoms with Crippen molar-refractivity contribution in [2.24, 2.45) is 5.92 Å². The molecule has 12 nitrogen and oxygen atoms in total. The van der Waals surface area contributed by atoms with Gasteiger partial charge in [-0.2, -0.15) is 15.0 Å². The van der Waals surface area contributed by atoms with Crippen molar-refractivity contribution in [2.45, 2.75) is 44.8 Å². The summed E-state index contributed by atoms with van der Waals surface area (Å²) in [6, 6.07) is 8.06. The molecule has 0 unspecified atom stereocenters. The molecule has 4 heterocycles. The Labute approximate surface area is 194 Å². The number of aromatic nitrogens is 11. The molecule has 6 rings (SSSR count). The lowest BCUT2D eigenvalue weighted by molar-refractivity contribution is 0.177. The molecule has 2 N–H and O–H groups in total. The highest BCUT2D eigenvalue weighted by Crippen LogP contribution is 2.28.